The number of aromatic nitrogens is 1. The number of likely N-dealkylation sites (tertiary alicyclic amines) is 1. The molecule has 492 valence electrons. The van der Waals surface area contributed by atoms with E-state index in [4.69, 9.17) is 26.7 Å². The molecule has 10 amide bonds. The van der Waals surface area contributed by atoms with Crippen molar-refractivity contribution in [3.05, 3.63) is 102 Å². The first-order chi connectivity index (χ1) is 42.2. The fourth-order valence-electron chi connectivity index (χ4n) is 9.59. The molecule has 2 heterocycles. The standard InChI is InChI=1S/C60H84N14O15.ClH/c1-34(2)25-42(50(79)67-41(17-11-23-64-58(62)63)57(86)74-24-12-18-48(74)56(85)66-29-49(61)78)68-53(82)45(30-75)71-51(80)43(26-35-19-21-38(77)22-20-35)69-54(83)46(31-76)72-52(81)44(27-37-28-65-40-16-10-9-15-39(37)40)70-55(84)47(73-59(87)89-60(3,4)5)33-88-32-36-13-7-6-8-14-36;/h6-10,13-16,19-22,28,34,41-48,65,75-77H,11-12,17-18,23-27,29-33H2,1-5H3,(H2,61,78)(H,66,85)(H,67,79)(H,68,82)(H,69,83)(H,70,84)(H,71,80)(H,72,81)(H,73,87)(H4,62,63,64);1H/t41-,42-,43-,44-,45+,46-,47-,48-;/m0./s1. The van der Waals surface area contributed by atoms with Crippen LogP contribution in [-0.2, 0) is 72.1 Å². The summed E-state index contributed by atoms with van der Waals surface area (Å²) in [5.74, 6) is -8.64. The van der Waals surface area contributed by atoms with E-state index in [1.807, 2.05) is 6.07 Å². The Kier molecular flexibility index (Phi) is 29.2. The maximum atomic E-state index is 14.5. The van der Waals surface area contributed by atoms with E-state index in [0.717, 1.165) is 5.56 Å². The minimum atomic E-state index is -1.81. The van der Waals surface area contributed by atoms with Gasteiger partial charge in [-0.15, -0.1) is 12.4 Å². The van der Waals surface area contributed by atoms with E-state index < -0.39 is 133 Å². The van der Waals surface area contributed by atoms with Crippen molar-refractivity contribution in [2.45, 2.75) is 140 Å². The molecule has 0 bridgehead atoms. The number of carbonyl (C=O) groups is 10. The van der Waals surface area contributed by atoms with Gasteiger partial charge in [0.2, 0.25) is 53.2 Å². The molecular weight excluding hydrogens is 1190 g/mol. The smallest absolute Gasteiger partial charge is 0.408 e. The summed E-state index contributed by atoms with van der Waals surface area (Å²) < 4.78 is 11.3. The summed E-state index contributed by atoms with van der Waals surface area (Å²) in [5, 5.41) is 52.3. The summed E-state index contributed by atoms with van der Waals surface area (Å²) in [6.07, 6.45) is 0.965. The third-order valence-electron chi connectivity index (χ3n) is 14.0. The third-order valence-corrected chi connectivity index (χ3v) is 14.0. The van der Waals surface area contributed by atoms with Gasteiger partial charge in [-0.3, -0.25) is 48.1 Å². The minimum Gasteiger partial charge on any atom is -0.508 e. The lowest BCUT2D eigenvalue weighted by Crippen LogP contribution is -2.62. The molecule has 0 aliphatic carbocycles. The zero-order chi connectivity index (χ0) is 65.4. The van der Waals surface area contributed by atoms with Crippen LogP contribution < -0.4 is 59.7 Å². The van der Waals surface area contributed by atoms with Gasteiger partial charge in [0.05, 0.1) is 33.0 Å². The first kappa shape index (κ1) is 73.4. The number of primary amides is 1. The minimum absolute atomic E-state index is 0. The van der Waals surface area contributed by atoms with Gasteiger partial charge in [0.25, 0.3) is 0 Å². The number of aromatic amines is 1. The molecular formula is C60H85ClN14O15. The number of aromatic hydroxyl groups is 1. The van der Waals surface area contributed by atoms with Crippen molar-refractivity contribution in [2.24, 2.45) is 28.1 Å². The van der Waals surface area contributed by atoms with E-state index in [2.05, 4.69) is 52.5 Å². The highest BCUT2D eigenvalue weighted by Gasteiger charge is 2.40. The topological polar surface area (TPSA) is 456 Å². The van der Waals surface area contributed by atoms with E-state index in [-0.39, 0.29) is 94.9 Å². The Morgan fingerprint density at radius 1 is 0.678 bits per heavy atom. The second-order valence-electron chi connectivity index (χ2n) is 22.8. The van der Waals surface area contributed by atoms with Crippen LogP contribution in [0.3, 0.4) is 0 Å². The predicted octanol–water partition coefficient (Wildman–Crippen LogP) is -1.22. The number of ether oxygens (including phenoxy) is 2. The number of H-pyrrole nitrogens is 1. The lowest BCUT2D eigenvalue weighted by atomic mass is 10.0. The number of aliphatic imine (C=N–C) groups is 1. The van der Waals surface area contributed by atoms with Crippen LogP contribution >= 0.6 is 12.4 Å². The maximum Gasteiger partial charge on any atom is 0.408 e. The number of nitrogens with one attached hydrogen (secondary N) is 9. The van der Waals surface area contributed by atoms with Crippen molar-refractivity contribution in [3.63, 3.8) is 0 Å². The molecule has 5 rings (SSSR count). The molecule has 0 spiro atoms. The zero-order valence-electron chi connectivity index (χ0n) is 51.0. The molecule has 30 heteroatoms. The SMILES string of the molecule is CC(C)C[C@H](NC(=O)[C@@H](CO)NC(=O)[C@H](Cc1ccc(O)cc1)NC(=O)[C@H](CO)NC(=O)[C@H](Cc1c[nH]c2ccccc12)NC(=O)[C@H](COCc1ccccc1)NC(=O)OC(C)(C)C)C(=O)N[C@@H](CCCN=C(N)N)C(=O)N1CCC[C@H]1C(=O)NCC(N)=O.Cl. The number of benzene rings is 3. The van der Waals surface area contributed by atoms with Crippen LogP contribution in [0.1, 0.15) is 83.4 Å². The first-order valence-corrected chi connectivity index (χ1v) is 29.2. The number of alkyl carbamates (subject to hydrolysis) is 1. The number of fused-ring (bicyclic) bond motifs is 1. The number of carbonyl (C=O) groups excluding carboxylic acids is 10. The lowest BCUT2D eigenvalue weighted by Gasteiger charge is -2.30. The molecule has 0 radical (unpaired) electrons. The number of aliphatic hydroxyl groups excluding tert-OH is 2. The van der Waals surface area contributed by atoms with Crippen LogP contribution in [0.25, 0.3) is 10.9 Å². The van der Waals surface area contributed by atoms with Crippen molar-refractivity contribution in [3.8, 4) is 5.75 Å². The van der Waals surface area contributed by atoms with Crippen LogP contribution in [0.2, 0.25) is 0 Å². The van der Waals surface area contributed by atoms with Crippen molar-refractivity contribution >= 4 is 88.5 Å². The van der Waals surface area contributed by atoms with Gasteiger partial charge in [0.1, 0.15) is 59.7 Å². The van der Waals surface area contributed by atoms with Crippen LogP contribution in [0.5, 0.6) is 5.75 Å². The number of phenols is 1. The monoisotopic (exact) mass is 1280 g/mol. The fraction of sp³-hybridized carbons (Fsp3) is 0.483. The number of amides is 10. The van der Waals surface area contributed by atoms with Gasteiger partial charge in [-0.25, -0.2) is 4.79 Å². The van der Waals surface area contributed by atoms with Gasteiger partial charge in [-0.05, 0) is 93.7 Å². The molecule has 1 fully saturated rings. The fourth-order valence-corrected chi connectivity index (χ4v) is 9.59. The molecule has 3 aromatic carbocycles. The molecule has 1 aromatic heterocycles. The van der Waals surface area contributed by atoms with Crippen molar-refractivity contribution in [1.82, 2.24) is 52.4 Å². The summed E-state index contributed by atoms with van der Waals surface area (Å²) in [4.78, 5) is 146. The number of phenolic OH excluding ortho intramolecular Hbond substituents is 1. The maximum absolute atomic E-state index is 14.5. The van der Waals surface area contributed by atoms with Crippen molar-refractivity contribution in [1.29, 1.82) is 0 Å². The second-order valence-corrected chi connectivity index (χ2v) is 22.8. The molecule has 8 atom stereocenters. The van der Waals surface area contributed by atoms with E-state index in [1.54, 1.807) is 89.3 Å². The highest BCUT2D eigenvalue weighted by atomic mass is 35.5. The van der Waals surface area contributed by atoms with Crippen LogP contribution in [0.15, 0.2) is 90.1 Å². The number of halogens is 1. The average molecular weight is 1280 g/mol. The third kappa shape index (κ3) is 23.8. The second kappa shape index (κ2) is 35.8. The number of hydrogen-bond acceptors (Lipinski definition) is 16. The molecule has 18 N–H and O–H groups in total. The Bertz CT molecular complexity index is 3100. The molecule has 4 aromatic rings. The van der Waals surface area contributed by atoms with Gasteiger partial charge in [-0.1, -0.05) is 74.5 Å². The Morgan fingerprint density at radius 2 is 1.22 bits per heavy atom. The summed E-state index contributed by atoms with van der Waals surface area (Å²) in [6.45, 7) is 5.71. The largest absolute Gasteiger partial charge is 0.508 e. The Balaban J connectivity index is 0.0000173. The van der Waals surface area contributed by atoms with E-state index >= 15 is 0 Å². The summed E-state index contributed by atoms with van der Waals surface area (Å²) in [5.41, 5.74) is 17.6. The van der Waals surface area contributed by atoms with Gasteiger partial charge in [-0.2, -0.15) is 0 Å². The lowest BCUT2D eigenvalue weighted by molar-refractivity contribution is -0.142. The number of para-hydroxylation sites is 1. The van der Waals surface area contributed by atoms with Crippen LogP contribution in [0.4, 0.5) is 4.79 Å². The summed E-state index contributed by atoms with van der Waals surface area (Å²) in [6, 6.07) is 9.83. The van der Waals surface area contributed by atoms with Crippen LogP contribution in [0, 0.1) is 5.92 Å². The average Bonchev–Trinajstić information content (AvgIpc) is 1.96. The van der Waals surface area contributed by atoms with Gasteiger partial charge >= 0.3 is 6.09 Å². The number of aliphatic hydroxyl groups is 2. The van der Waals surface area contributed by atoms with E-state index in [1.165, 1.54) is 29.2 Å². The quantitative estimate of drug-likeness (QED) is 0.0151. The van der Waals surface area contributed by atoms with Crippen LogP contribution in [-0.4, -0.2) is 184 Å². The molecule has 90 heavy (non-hydrogen) atoms. The van der Waals surface area contributed by atoms with Gasteiger partial charge in [0.15, 0.2) is 5.96 Å². The Hall–Kier alpha value is -9.06. The number of hydrogen-bond donors (Lipinski definition) is 15. The normalized spacial score (nSPS) is 15.2. The number of nitrogens with zero attached hydrogens (tertiary/aromatic N) is 2. The zero-order valence-corrected chi connectivity index (χ0v) is 51.8. The van der Waals surface area contributed by atoms with Gasteiger partial charge in [0, 0.05) is 43.0 Å². The first-order valence-electron chi connectivity index (χ1n) is 29.2. The molecule has 1 saturated heterocycles. The molecule has 29 nitrogen and oxygen atoms in total. The highest BCUT2D eigenvalue weighted by molar-refractivity contribution is 5.99. The van der Waals surface area contributed by atoms with Crippen molar-refractivity contribution in [2.75, 3.05) is 39.5 Å². The highest BCUT2D eigenvalue weighted by Crippen LogP contribution is 2.22. The number of guanidine groups is 1. The van der Waals surface area contributed by atoms with E-state index in [0.29, 0.717) is 28.5 Å². The van der Waals surface area contributed by atoms with E-state index in [9.17, 15) is 63.3 Å². The summed E-state index contributed by atoms with van der Waals surface area (Å²) in [7, 11) is 0. The predicted molar refractivity (Wildman–Crippen MR) is 332 cm³/mol. The molecule has 1 aliphatic rings. The number of nitrogens with two attached hydrogens (primary N) is 3. The molecule has 0 unspecified atom stereocenters. The molecule has 0 saturated carbocycles. The number of rotatable bonds is 33. The molecule has 1 aliphatic heterocycles. The van der Waals surface area contributed by atoms with Gasteiger partial charge < -0.3 is 94.4 Å². The van der Waals surface area contributed by atoms with Crippen molar-refractivity contribution < 1.29 is 72.7 Å². The Labute approximate surface area is 526 Å². The Morgan fingerprint density at radius 3 is 1.81 bits per heavy atom. The summed E-state index contributed by atoms with van der Waals surface area (Å²) >= 11 is 0.